The minimum atomic E-state index is -1.16. The molecule has 3 rings (SSSR count). The van der Waals surface area contributed by atoms with Crippen LogP contribution < -0.4 is 4.90 Å². The summed E-state index contributed by atoms with van der Waals surface area (Å²) in [4.78, 5) is 25.5. The zero-order valence-electron chi connectivity index (χ0n) is 14.0. The van der Waals surface area contributed by atoms with Crippen LogP contribution >= 0.6 is 0 Å². The van der Waals surface area contributed by atoms with Crippen molar-refractivity contribution in [2.24, 2.45) is 5.41 Å². The molecule has 1 atom stereocenters. The number of anilines is 1. The van der Waals surface area contributed by atoms with Crippen molar-refractivity contribution in [3.05, 3.63) is 53.7 Å². The molecule has 2 aromatic rings. The summed E-state index contributed by atoms with van der Waals surface area (Å²) in [6.07, 6.45) is 1.41. The van der Waals surface area contributed by atoms with Crippen molar-refractivity contribution in [1.82, 2.24) is 10.2 Å². The van der Waals surface area contributed by atoms with Crippen molar-refractivity contribution < 1.29 is 19.4 Å². The normalized spacial score (nSPS) is 17.6. The maximum atomic E-state index is 12.7. The summed E-state index contributed by atoms with van der Waals surface area (Å²) in [5, 5.41) is 17.0. The number of rotatable bonds is 5. The summed E-state index contributed by atoms with van der Waals surface area (Å²) in [5.74, 6) is -1.15. The minimum absolute atomic E-state index is 0.0173. The predicted octanol–water partition coefficient (Wildman–Crippen LogP) is 3.12. The van der Waals surface area contributed by atoms with Crippen LogP contribution in [0.4, 0.5) is 10.6 Å². The van der Waals surface area contributed by atoms with E-state index in [1.54, 1.807) is 0 Å². The van der Waals surface area contributed by atoms with Gasteiger partial charge in [-0.25, -0.2) is 9.59 Å². The standard InChI is InChI=1S/C18H19N3O4/c1-18(2)10-14(18)21(15-13(16(22)23)8-9-19-20-15)17(24)25-11-12-6-4-3-5-7-12/h3-9,14H,10-11H2,1-2H3,(H,22,23). The Labute approximate surface area is 145 Å². The van der Waals surface area contributed by atoms with Crippen molar-refractivity contribution in [2.75, 3.05) is 4.90 Å². The lowest BCUT2D eigenvalue weighted by atomic mass is 10.1. The summed E-state index contributed by atoms with van der Waals surface area (Å²) >= 11 is 0. The molecule has 1 N–H and O–H groups in total. The van der Waals surface area contributed by atoms with E-state index in [2.05, 4.69) is 10.2 Å². The quantitative estimate of drug-likeness (QED) is 0.898. The van der Waals surface area contributed by atoms with E-state index in [-0.39, 0.29) is 29.4 Å². The molecule has 1 saturated carbocycles. The highest BCUT2D eigenvalue weighted by molar-refractivity contribution is 5.99. The van der Waals surface area contributed by atoms with Gasteiger partial charge in [0.1, 0.15) is 12.2 Å². The van der Waals surface area contributed by atoms with Gasteiger partial charge in [0, 0.05) is 6.04 Å². The van der Waals surface area contributed by atoms with Crippen LogP contribution in [0.25, 0.3) is 0 Å². The molecule has 1 aliphatic carbocycles. The van der Waals surface area contributed by atoms with Crippen LogP contribution in [0, 0.1) is 5.41 Å². The van der Waals surface area contributed by atoms with Crippen molar-refractivity contribution >= 4 is 17.9 Å². The molecule has 1 aromatic heterocycles. The third kappa shape index (κ3) is 3.60. The van der Waals surface area contributed by atoms with E-state index in [1.807, 2.05) is 44.2 Å². The Balaban J connectivity index is 1.86. The smallest absolute Gasteiger partial charge is 0.416 e. The lowest BCUT2D eigenvalue weighted by Crippen LogP contribution is -2.37. The Morgan fingerprint density at radius 1 is 1.28 bits per heavy atom. The molecule has 7 heteroatoms. The second-order valence-electron chi connectivity index (χ2n) is 6.69. The Kier molecular flexibility index (Phi) is 4.39. The van der Waals surface area contributed by atoms with Crippen molar-refractivity contribution in [2.45, 2.75) is 32.9 Å². The van der Waals surface area contributed by atoms with Gasteiger partial charge in [-0.3, -0.25) is 4.90 Å². The predicted molar refractivity (Wildman–Crippen MR) is 90.3 cm³/mol. The van der Waals surface area contributed by atoms with E-state index in [0.717, 1.165) is 12.0 Å². The average Bonchev–Trinajstić information content (AvgIpc) is 3.22. The first-order valence-electron chi connectivity index (χ1n) is 7.95. The first kappa shape index (κ1) is 16.9. The fraction of sp³-hybridized carbons (Fsp3) is 0.333. The molecular weight excluding hydrogens is 322 g/mol. The topological polar surface area (TPSA) is 92.6 Å². The number of carboxylic acid groups (broad SMARTS) is 1. The van der Waals surface area contributed by atoms with E-state index in [0.29, 0.717) is 0 Å². The van der Waals surface area contributed by atoms with Gasteiger partial charge in [0.15, 0.2) is 5.82 Å². The maximum Gasteiger partial charge on any atom is 0.416 e. The largest absolute Gasteiger partial charge is 0.478 e. The molecule has 0 aliphatic heterocycles. The van der Waals surface area contributed by atoms with Gasteiger partial charge in [-0.15, -0.1) is 5.10 Å². The van der Waals surface area contributed by atoms with Crippen molar-refractivity contribution in [3.8, 4) is 0 Å². The third-order valence-electron chi connectivity index (χ3n) is 4.33. The monoisotopic (exact) mass is 341 g/mol. The number of hydrogen-bond donors (Lipinski definition) is 1. The van der Waals surface area contributed by atoms with Gasteiger partial charge in [0.05, 0.1) is 6.20 Å². The van der Waals surface area contributed by atoms with Gasteiger partial charge < -0.3 is 9.84 Å². The number of nitrogens with zero attached hydrogens (tertiary/aromatic N) is 3. The van der Waals surface area contributed by atoms with Gasteiger partial charge in [-0.2, -0.15) is 5.10 Å². The van der Waals surface area contributed by atoms with E-state index >= 15 is 0 Å². The zero-order valence-corrected chi connectivity index (χ0v) is 14.0. The number of aromatic carboxylic acids is 1. The van der Waals surface area contributed by atoms with Gasteiger partial charge in [0.2, 0.25) is 0 Å². The molecule has 1 heterocycles. The molecule has 1 unspecified atom stereocenters. The average molecular weight is 341 g/mol. The molecule has 0 bridgehead atoms. The summed E-state index contributed by atoms with van der Waals surface area (Å²) in [7, 11) is 0. The number of carboxylic acids is 1. The Bertz CT molecular complexity index is 792. The number of ether oxygens (including phenoxy) is 1. The van der Waals surface area contributed by atoms with Gasteiger partial charge in [-0.1, -0.05) is 44.2 Å². The molecule has 1 aromatic carbocycles. The fourth-order valence-electron chi connectivity index (χ4n) is 2.70. The zero-order chi connectivity index (χ0) is 18.0. The van der Waals surface area contributed by atoms with Gasteiger partial charge >= 0.3 is 12.1 Å². The number of benzene rings is 1. The van der Waals surface area contributed by atoms with Crippen LogP contribution in [-0.4, -0.2) is 33.4 Å². The summed E-state index contributed by atoms with van der Waals surface area (Å²) in [6.45, 7) is 4.11. The van der Waals surface area contributed by atoms with Crippen LogP contribution in [0.1, 0.15) is 36.2 Å². The molecule has 1 amide bonds. The molecule has 1 aliphatic rings. The van der Waals surface area contributed by atoms with E-state index in [9.17, 15) is 14.7 Å². The summed E-state index contributed by atoms with van der Waals surface area (Å²) in [6, 6.07) is 10.4. The van der Waals surface area contributed by atoms with Crippen molar-refractivity contribution in [3.63, 3.8) is 0 Å². The second-order valence-corrected chi connectivity index (χ2v) is 6.69. The molecule has 130 valence electrons. The Morgan fingerprint density at radius 3 is 2.56 bits per heavy atom. The highest BCUT2D eigenvalue weighted by atomic mass is 16.6. The summed E-state index contributed by atoms with van der Waals surface area (Å²) in [5.41, 5.74) is 0.650. The van der Waals surface area contributed by atoms with E-state index < -0.39 is 12.1 Å². The van der Waals surface area contributed by atoms with Crippen molar-refractivity contribution in [1.29, 1.82) is 0 Å². The highest BCUT2D eigenvalue weighted by Crippen LogP contribution is 2.50. The molecule has 0 saturated heterocycles. The first-order chi connectivity index (χ1) is 11.9. The number of carbonyl (C=O) groups excluding carboxylic acids is 1. The van der Waals surface area contributed by atoms with Crippen LogP contribution in [0.3, 0.4) is 0 Å². The van der Waals surface area contributed by atoms with Gasteiger partial charge in [-0.05, 0) is 23.5 Å². The van der Waals surface area contributed by atoms with Crippen LogP contribution in [0.2, 0.25) is 0 Å². The minimum Gasteiger partial charge on any atom is -0.478 e. The molecule has 7 nitrogen and oxygen atoms in total. The number of carbonyl (C=O) groups is 2. The fourth-order valence-corrected chi connectivity index (χ4v) is 2.70. The van der Waals surface area contributed by atoms with Crippen LogP contribution in [0.15, 0.2) is 42.6 Å². The Hall–Kier alpha value is -2.96. The number of hydrogen-bond acceptors (Lipinski definition) is 5. The first-order valence-corrected chi connectivity index (χ1v) is 7.95. The lowest BCUT2D eigenvalue weighted by molar-refractivity contribution is 0.0697. The molecule has 0 radical (unpaired) electrons. The molecular formula is C18H19N3O4. The SMILES string of the molecule is CC1(C)CC1N(C(=O)OCc1ccccc1)c1nnccc1C(=O)O. The van der Waals surface area contributed by atoms with Crippen LogP contribution in [-0.2, 0) is 11.3 Å². The van der Waals surface area contributed by atoms with E-state index in [4.69, 9.17) is 4.74 Å². The molecule has 1 fully saturated rings. The Morgan fingerprint density at radius 2 is 1.96 bits per heavy atom. The third-order valence-corrected chi connectivity index (χ3v) is 4.33. The van der Waals surface area contributed by atoms with Crippen LogP contribution in [0.5, 0.6) is 0 Å². The number of amides is 1. The van der Waals surface area contributed by atoms with Gasteiger partial charge in [0.25, 0.3) is 0 Å². The highest BCUT2D eigenvalue weighted by Gasteiger charge is 2.53. The number of aromatic nitrogens is 2. The lowest BCUT2D eigenvalue weighted by Gasteiger charge is -2.23. The molecule has 0 spiro atoms. The summed E-state index contributed by atoms with van der Waals surface area (Å²) < 4.78 is 5.40. The maximum absolute atomic E-state index is 12.7. The van der Waals surface area contributed by atoms with E-state index in [1.165, 1.54) is 17.2 Å². The molecule has 25 heavy (non-hydrogen) atoms. The second kappa shape index (κ2) is 6.51.